The Labute approximate surface area is 142 Å². The third kappa shape index (κ3) is 6.13. The molecule has 0 aromatic heterocycles. The van der Waals surface area contributed by atoms with Gasteiger partial charge in [0.05, 0.1) is 0 Å². The van der Waals surface area contributed by atoms with Gasteiger partial charge in [0.2, 0.25) is 0 Å². The molecule has 5 heteroatoms. The van der Waals surface area contributed by atoms with Crippen LogP contribution in [-0.4, -0.2) is 33.7 Å². The van der Waals surface area contributed by atoms with Crippen molar-refractivity contribution in [2.45, 2.75) is 67.7 Å². The molecule has 0 amide bonds. The van der Waals surface area contributed by atoms with Gasteiger partial charge in [-0.1, -0.05) is 0 Å². The van der Waals surface area contributed by atoms with Crippen LogP contribution in [0.2, 0.25) is 8.87 Å². The molecular formula is C15H28ClNS2Sn. The third-order valence-corrected chi connectivity index (χ3v) is 16.9. The average molecular weight is 441 g/mol. The number of thioether (sulfide) groups is 1. The Morgan fingerprint density at radius 1 is 1.35 bits per heavy atom. The molecule has 1 fully saturated rings. The van der Waals surface area contributed by atoms with Crippen LogP contribution in [0.3, 0.4) is 0 Å². The van der Waals surface area contributed by atoms with Crippen molar-refractivity contribution >= 4 is 60.3 Å². The molecular weight excluding hydrogens is 412 g/mol. The van der Waals surface area contributed by atoms with Gasteiger partial charge < -0.3 is 0 Å². The fourth-order valence-electron chi connectivity index (χ4n) is 2.75. The summed E-state index contributed by atoms with van der Waals surface area (Å²) in [6.07, 6.45) is 10.6. The van der Waals surface area contributed by atoms with Gasteiger partial charge in [0.25, 0.3) is 0 Å². The summed E-state index contributed by atoms with van der Waals surface area (Å²) in [6.45, 7) is 4.49. The summed E-state index contributed by atoms with van der Waals surface area (Å²) in [7, 11) is 7.06. The standard InChI is InChI=1S/C7H10NS2.2C4H9.ClH.Sn/c1-10-7(9)5-3-2-4-6(5)8;2*1-3-4-2;;/h5H,2-4H2,1H3;2*1,3-4H2,2H3;1H;/q-1;;;;+2/p-1. The number of hydrogen-bond acceptors (Lipinski definition) is 3. The van der Waals surface area contributed by atoms with Crippen LogP contribution in [0.4, 0.5) is 0 Å². The van der Waals surface area contributed by atoms with E-state index in [1.54, 1.807) is 11.8 Å². The van der Waals surface area contributed by atoms with Crippen LogP contribution in [0.25, 0.3) is 0 Å². The van der Waals surface area contributed by atoms with Crippen LogP contribution in [-0.2, 0) is 0 Å². The van der Waals surface area contributed by atoms with E-state index in [0.29, 0.717) is 5.92 Å². The maximum atomic E-state index is 7.06. The molecule has 116 valence electrons. The zero-order valence-corrected chi connectivity index (χ0v) is 18.3. The van der Waals surface area contributed by atoms with Crippen molar-refractivity contribution in [1.82, 2.24) is 0 Å². The first-order valence-corrected chi connectivity index (χ1v) is 18.5. The quantitative estimate of drug-likeness (QED) is 0.329. The molecule has 0 heterocycles. The predicted octanol–water partition coefficient (Wildman–Crippen LogP) is 6.20. The molecule has 0 aromatic carbocycles. The summed E-state index contributed by atoms with van der Waals surface area (Å²) < 4.78 is 8.75. The molecule has 1 unspecified atom stereocenters. The van der Waals surface area contributed by atoms with Crippen molar-refractivity contribution in [3.63, 3.8) is 0 Å². The number of halogens is 1. The van der Waals surface area contributed by atoms with Crippen molar-refractivity contribution in [3.05, 3.63) is 0 Å². The van der Waals surface area contributed by atoms with Crippen LogP contribution in [0.5, 0.6) is 0 Å². The number of nitrogens with zero attached hydrogens (tertiary/aromatic N) is 1. The molecule has 1 aliphatic carbocycles. The fraction of sp³-hybridized carbons (Fsp3) is 0.867. The summed E-state index contributed by atoms with van der Waals surface area (Å²) in [5.74, 6) is 0.443. The Kier molecular flexibility index (Phi) is 9.68. The first kappa shape index (κ1) is 19.2. The van der Waals surface area contributed by atoms with Crippen LogP contribution in [0.1, 0.15) is 58.8 Å². The third-order valence-electron chi connectivity index (χ3n) is 3.98. The molecule has 1 rings (SSSR count). The molecule has 0 saturated heterocycles. The second-order valence-corrected chi connectivity index (χ2v) is 20.7. The van der Waals surface area contributed by atoms with E-state index in [-0.39, 0.29) is 0 Å². The van der Waals surface area contributed by atoms with E-state index in [1.807, 2.05) is 0 Å². The minimum absolute atomic E-state index is 0.443. The molecule has 0 aliphatic heterocycles. The van der Waals surface area contributed by atoms with Gasteiger partial charge in [-0.3, -0.25) is 0 Å². The molecule has 0 bridgehead atoms. The van der Waals surface area contributed by atoms with Crippen molar-refractivity contribution in [1.29, 1.82) is 0 Å². The zero-order chi connectivity index (χ0) is 15.0. The van der Waals surface area contributed by atoms with Gasteiger partial charge in [-0.05, 0) is 0 Å². The Hall–Kier alpha value is 1.20. The minimum atomic E-state index is -2.78. The number of rotatable bonds is 8. The Bertz CT molecular complexity index is 339. The van der Waals surface area contributed by atoms with Crippen LogP contribution >= 0.6 is 32.9 Å². The average Bonchev–Trinajstić information content (AvgIpc) is 2.90. The van der Waals surface area contributed by atoms with E-state index < -0.39 is 17.5 Å². The van der Waals surface area contributed by atoms with Crippen LogP contribution in [0.15, 0.2) is 3.21 Å². The Morgan fingerprint density at radius 2 is 1.95 bits per heavy atom. The van der Waals surface area contributed by atoms with Crippen molar-refractivity contribution in [2.24, 2.45) is 9.13 Å². The summed E-state index contributed by atoms with van der Waals surface area (Å²) in [6, 6.07) is 0. The summed E-state index contributed by atoms with van der Waals surface area (Å²) in [5, 5.41) is 0. The van der Waals surface area contributed by atoms with Gasteiger partial charge in [0.15, 0.2) is 0 Å². The van der Waals surface area contributed by atoms with E-state index in [4.69, 9.17) is 24.4 Å². The number of thiocarbonyl (C=S) groups is 1. The molecule has 1 aliphatic rings. The molecule has 20 heavy (non-hydrogen) atoms. The predicted molar refractivity (Wildman–Crippen MR) is 102 cm³/mol. The fourth-order valence-corrected chi connectivity index (χ4v) is 14.8. The van der Waals surface area contributed by atoms with Crippen molar-refractivity contribution in [2.75, 3.05) is 6.26 Å². The molecule has 0 spiro atoms. The number of hydrogen-bond donors (Lipinski definition) is 0. The molecule has 1 atom stereocenters. The molecule has 1 saturated carbocycles. The molecule has 0 N–H and O–H groups in total. The topological polar surface area (TPSA) is 12.4 Å². The monoisotopic (exact) mass is 441 g/mol. The van der Waals surface area contributed by atoms with Gasteiger partial charge in [0.1, 0.15) is 0 Å². The van der Waals surface area contributed by atoms with E-state index >= 15 is 0 Å². The van der Waals surface area contributed by atoms with Gasteiger partial charge in [-0.2, -0.15) is 0 Å². The van der Waals surface area contributed by atoms with Crippen LogP contribution in [0, 0.1) is 5.92 Å². The Morgan fingerprint density at radius 3 is 2.45 bits per heavy atom. The van der Waals surface area contributed by atoms with Crippen LogP contribution < -0.4 is 0 Å². The first-order valence-electron chi connectivity index (χ1n) is 7.91. The molecule has 1 nitrogen and oxygen atoms in total. The first-order chi connectivity index (χ1) is 9.56. The van der Waals surface area contributed by atoms with Gasteiger partial charge in [-0.15, -0.1) is 0 Å². The van der Waals surface area contributed by atoms with Gasteiger partial charge in [-0.25, -0.2) is 0 Å². The summed E-state index contributed by atoms with van der Waals surface area (Å²) in [4.78, 5) is 0. The second kappa shape index (κ2) is 10.1. The summed E-state index contributed by atoms with van der Waals surface area (Å²) in [5.41, 5.74) is 1.36. The van der Waals surface area contributed by atoms with E-state index in [2.05, 4.69) is 20.1 Å². The SMILES string of the molecule is CCC[CH2][Sn]([Cl])([CH2]CCC)[N]=C1CCCC1C(=S)SC. The van der Waals surface area contributed by atoms with Crippen molar-refractivity contribution in [3.8, 4) is 0 Å². The maximum absolute atomic E-state index is 7.06. The normalized spacial score (nSPS) is 21.6. The van der Waals surface area contributed by atoms with Crippen molar-refractivity contribution < 1.29 is 0 Å². The van der Waals surface area contributed by atoms with Gasteiger partial charge >= 0.3 is 143 Å². The summed E-state index contributed by atoms with van der Waals surface area (Å²) >= 11 is 4.46. The zero-order valence-electron chi connectivity index (χ0n) is 13.1. The van der Waals surface area contributed by atoms with E-state index in [9.17, 15) is 0 Å². The van der Waals surface area contributed by atoms with E-state index in [1.165, 1.54) is 53.1 Å². The second-order valence-electron chi connectivity index (χ2n) is 5.70. The Balaban J connectivity index is 2.84. The molecule has 0 radical (unpaired) electrons. The van der Waals surface area contributed by atoms with E-state index in [0.717, 1.165) is 10.6 Å². The van der Waals surface area contributed by atoms with Gasteiger partial charge in [0, 0.05) is 0 Å². The number of unbranched alkanes of at least 4 members (excludes halogenated alkanes) is 2. The molecule has 0 aromatic rings.